The van der Waals surface area contributed by atoms with Gasteiger partial charge in [0.15, 0.2) is 0 Å². The van der Waals surface area contributed by atoms with Crippen LogP contribution in [0.3, 0.4) is 0 Å². The third kappa shape index (κ3) is 5.50. The Hall–Kier alpha value is -2.70. The van der Waals surface area contributed by atoms with Crippen molar-refractivity contribution in [3.8, 4) is 10.6 Å². The quantitative estimate of drug-likeness (QED) is 0.295. The molecule has 2 aromatic rings. The Morgan fingerprint density at radius 2 is 1.65 bits per heavy atom. The molecule has 0 atom stereocenters. The van der Waals surface area contributed by atoms with E-state index in [0.717, 1.165) is 45.4 Å². The Morgan fingerprint density at radius 1 is 0.912 bits per heavy atom. The summed E-state index contributed by atoms with van der Waals surface area (Å²) in [4.78, 5) is 8.64. The first kappa shape index (κ1) is 24.4. The molecule has 0 aromatic heterocycles. The number of benzene rings is 3. The number of hydrogen-bond donors (Lipinski definition) is 2. The van der Waals surface area contributed by atoms with Crippen LogP contribution in [0.5, 0.6) is 0 Å². The molecule has 0 radical (unpaired) electrons. The molecule has 0 bridgehead atoms. The zero-order valence-electron chi connectivity index (χ0n) is 18.5. The van der Waals surface area contributed by atoms with Gasteiger partial charge < -0.3 is 0 Å². The molecule has 0 spiro atoms. The van der Waals surface area contributed by atoms with Crippen molar-refractivity contribution in [2.24, 2.45) is 10.4 Å². The Morgan fingerprint density at radius 3 is 2.29 bits per heavy atom. The predicted octanol–water partition coefficient (Wildman–Crippen LogP) is 4.72. The molecule has 178 valence electrons. The Labute approximate surface area is 201 Å². The Bertz CT molecular complexity index is 1670. The van der Waals surface area contributed by atoms with Gasteiger partial charge in [0.2, 0.25) is 0 Å². The molecule has 34 heavy (non-hydrogen) atoms. The van der Waals surface area contributed by atoms with Crippen LogP contribution in [-0.2, 0) is 26.7 Å². The van der Waals surface area contributed by atoms with Gasteiger partial charge in [0.1, 0.15) is 4.90 Å². The summed E-state index contributed by atoms with van der Waals surface area (Å²) in [6.45, 7) is 6.54. The van der Waals surface area contributed by atoms with Crippen molar-refractivity contribution >= 4 is 47.5 Å². The van der Waals surface area contributed by atoms with Crippen LogP contribution in [-0.4, -0.2) is 30.9 Å². The Balaban J connectivity index is 1.86. The van der Waals surface area contributed by atoms with E-state index >= 15 is 0 Å². The van der Waals surface area contributed by atoms with Crippen molar-refractivity contribution in [1.29, 1.82) is 0 Å². The number of rotatable bonds is 4. The first-order chi connectivity index (χ1) is 15.7. The lowest BCUT2D eigenvalue weighted by molar-refractivity contribution is 0.411. The van der Waals surface area contributed by atoms with Crippen molar-refractivity contribution in [3.05, 3.63) is 65.5 Å². The van der Waals surface area contributed by atoms with Crippen LogP contribution in [0.15, 0.2) is 69.4 Å². The first-order valence-electron chi connectivity index (χ1n) is 10.2. The molecule has 1 aliphatic carbocycles. The number of fused-ring (bicyclic) bond motifs is 2. The summed E-state index contributed by atoms with van der Waals surface area (Å²) in [6, 6.07) is 13.9. The van der Waals surface area contributed by atoms with E-state index in [2.05, 4.69) is 37.9 Å². The maximum absolute atomic E-state index is 11.8. The fraction of sp³-hybridized carbons (Fsp3) is 0.217. The van der Waals surface area contributed by atoms with Gasteiger partial charge >= 0.3 is 0 Å². The molecule has 2 aromatic carbocycles. The second kappa shape index (κ2) is 8.51. The highest BCUT2D eigenvalue weighted by atomic mass is 32.2. The number of nitrogens with zero attached hydrogens (tertiary/aromatic N) is 2. The van der Waals surface area contributed by atoms with Crippen molar-refractivity contribution in [1.82, 2.24) is 4.98 Å². The Kier molecular flexibility index (Phi) is 6.11. The molecule has 0 saturated heterocycles. The van der Waals surface area contributed by atoms with Gasteiger partial charge in [-0.15, -0.1) is 11.3 Å². The lowest BCUT2D eigenvalue weighted by atomic mass is 9.88. The van der Waals surface area contributed by atoms with Crippen LogP contribution in [0.25, 0.3) is 20.8 Å². The molecule has 1 aliphatic heterocycles. The molecular formula is C23H22N2O6S3. The van der Waals surface area contributed by atoms with Gasteiger partial charge in [0.25, 0.3) is 20.2 Å². The highest BCUT2D eigenvalue weighted by Crippen LogP contribution is 2.32. The summed E-state index contributed by atoms with van der Waals surface area (Å²) < 4.78 is 66.3. The van der Waals surface area contributed by atoms with E-state index in [0.29, 0.717) is 5.36 Å². The summed E-state index contributed by atoms with van der Waals surface area (Å²) in [7, 11) is -9.28. The third-order valence-corrected chi connectivity index (χ3v) is 7.78. The molecule has 2 aliphatic rings. The minimum atomic E-state index is -4.68. The molecule has 0 amide bonds. The van der Waals surface area contributed by atoms with Crippen molar-refractivity contribution in [3.63, 3.8) is 0 Å². The van der Waals surface area contributed by atoms with Gasteiger partial charge in [-0.05, 0) is 65.9 Å². The summed E-state index contributed by atoms with van der Waals surface area (Å²) in [5, 5.41) is 0.326. The molecule has 0 fully saturated rings. The number of aromatic nitrogens is 1. The molecule has 0 saturated carbocycles. The maximum Gasteiger partial charge on any atom is 0.296 e. The average molecular weight is 519 g/mol. The summed E-state index contributed by atoms with van der Waals surface area (Å²) >= 11 is 1.49. The van der Waals surface area contributed by atoms with Crippen molar-refractivity contribution < 1.29 is 25.9 Å². The van der Waals surface area contributed by atoms with E-state index in [-0.39, 0.29) is 11.1 Å². The molecular weight excluding hydrogens is 496 g/mol. The molecule has 2 N–H and O–H groups in total. The third-order valence-electron chi connectivity index (χ3n) is 4.92. The van der Waals surface area contributed by atoms with Gasteiger partial charge in [0.05, 0.1) is 36.7 Å². The van der Waals surface area contributed by atoms with Crippen LogP contribution < -0.4 is 5.36 Å². The van der Waals surface area contributed by atoms with Crippen molar-refractivity contribution in [2.45, 2.75) is 37.0 Å². The SMILES string of the molecule is CC(C)(C)Cc1ccc2sc3cc(=Nc4cc(S(=O)(=O)O)ccc4S(=O)(=O)O)ccc-3nc2c1. The smallest absolute Gasteiger partial charge is 0.282 e. The van der Waals surface area contributed by atoms with Gasteiger partial charge in [0, 0.05) is 0 Å². The summed E-state index contributed by atoms with van der Waals surface area (Å²) in [5.41, 5.74) is 2.63. The fourth-order valence-electron chi connectivity index (χ4n) is 3.56. The lowest BCUT2D eigenvalue weighted by Gasteiger charge is -2.18. The van der Waals surface area contributed by atoms with E-state index in [1.54, 1.807) is 18.2 Å². The van der Waals surface area contributed by atoms with Crippen LogP contribution in [0, 0.1) is 5.41 Å². The van der Waals surface area contributed by atoms with Crippen LogP contribution >= 0.6 is 11.3 Å². The van der Waals surface area contributed by atoms with Crippen LogP contribution in [0.2, 0.25) is 0 Å². The highest BCUT2D eigenvalue weighted by Gasteiger charge is 2.20. The van der Waals surface area contributed by atoms with E-state index in [1.165, 1.54) is 16.9 Å². The van der Waals surface area contributed by atoms with Gasteiger partial charge in [-0.1, -0.05) is 26.8 Å². The second-order valence-corrected chi connectivity index (χ2v) is 13.0. The highest BCUT2D eigenvalue weighted by molar-refractivity contribution is 7.86. The van der Waals surface area contributed by atoms with Crippen LogP contribution in [0.1, 0.15) is 26.3 Å². The average Bonchev–Trinajstić information content (AvgIpc) is 2.69. The molecule has 11 heteroatoms. The topological polar surface area (TPSA) is 134 Å². The van der Waals surface area contributed by atoms with Gasteiger partial charge in [-0.3, -0.25) is 9.11 Å². The van der Waals surface area contributed by atoms with Crippen molar-refractivity contribution in [2.75, 3.05) is 0 Å². The fourth-order valence-corrected chi connectivity index (χ4v) is 5.65. The summed E-state index contributed by atoms with van der Waals surface area (Å²) in [5.74, 6) is 0. The zero-order valence-corrected chi connectivity index (χ0v) is 21.0. The number of hydrogen-bond acceptors (Lipinski definition) is 7. The predicted molar refractivity (Wildman–Crippen MR) is 131 cm³/mol. The lowest BCUT2D eigenvalue weighted by Crippen LogP contribution is -2.09. The summed E-state index contributed by atoms with van der Waals surface area (Å²) in [6.07, 6.45) is 0.920. The standard InChI is InChI=1S/C23H22N2O6S3/c1-23(2,3)13-14-4-8-20-18(10-14)25-17-7-5-15(11-21(17)32-20)24-19-12-16(33(26,27)28)6-9-22(19)34(29,30)31/h4-12H,13H2,1-3H3,(H,26,27,28)(H,29,30,31). The maximum atomic E-state index is 11.8. The zero-order chi connectivity index (χ0) is 24.9. The van der Waals surface area contributed by atoms with E-state index in [4.69, 9.17) is 4.98 Å². The van der Waals surface area contributed by atoms with Gasteiger partial charge in [-0.2, -0.15) is 16.8 Å². The minimum Gasteiger partial charge on any atom is -0.282 e. The molecule has 0 unspecified atom stereocenters. The van der Waals surface area contributed by atoms with E-state index in [9.17, 15) is 25.9 Å². The minimum absolute atomic E-state index is 0.151. The molecule has 1 heterocycles. The molecule has 4 rings (SSSR count). The van der Waals surface area contributed by atoms with E-state index < -0.39 is 30.0 Å². The normalized spacial score (nSPS) is 13.6. The van der Waals surface area contributed by atoms with Crippen LogP contribution in [0.4, 0.5) is 5.69 Å². The monoisotopic (exact) mass is 518 g/mol. The van der Waals surface area contributed by atoms with Gasteiger partial charge in [-0.25, -0.2) is 9.98 Å². The molecule has 8 nitrogen and oxygen atoms in total. The largest absolute Gasteiger partial charge is 0.296 e. The first-order valence-corrected chi connectivity index (χ1v) is 13.9. The second-order valence-electron chi connectivity index (χ2n) is 9.10. The van der Waals surface area contributed by atoms with E-state index in [1.807, 2.05) is 6.07 Å².